The summed E-state index contributed by atoms with van der Waals surface area (Å²) in [5.41, 5.74) is 0. The van der Waals surface area contributed by atoms with Crippen molar-refractivity contribution in [1.29, 1.82) is 0 Å². The van der Waals surface area contributed by atoms with Crippen LogP contribution in [0.25, 0.3) is 0 Å². The standard InChI is InChI=1S/C14H24N.3BrH/c1-3-4-5-6-8-11-14(2)15-12-9-7-10-13-15;;;/h7,9-10,12-14H,3-6,8,11H2,1-2H3;3*1H/q+1;;;. The van der Waals surface area contributed by atoms with Crippen LogP contribution in [0.5, 0.6) is 0 Å². The monoisotopic (exact) mass is 446 g/mol. The van der Waals surface area contributed by atoms with E-state index in [0.29, 0.717) is 6.04 Å². The Balaban J connectivity index is -0.000000750. The number of hydrogen-bond donors (Lipinski definition) is 0. The van der Waals surface area contributed by atoms with Gasteiger partial charge in [-0.05, 0) is 13.3 Å². The van der Waals surface area contributed by atoms with E-state index in [9.17, 15) is 0 Å². The molecule has 0 spiro atoms. The van der Waals surface area contributed by atoms with Crippen molar-refractivity contribution >= 4 is 50.9 Å². The summed E-state index contributed by atoms with van der Waals surface area (Å²) in [6, 6.07) is 6.93. The number of aromatic nitrogens is 1. The summed E-state index contributed by atoms with van der Waals surface area (Å²) in [5.74, 6) is 0. The van der Waals surface area contributed by atoms with Crippen LogP contribution in [0, 0.1) is 0 Å². The van der Waals surface area contributed by atoms with Gasteiger partial charge in [-0.2, -0.15) is 0 Å². The number of halogens is 3. The van der Waals surface area contributed by atoms with Crippen molar-refractivity contribution < 1.29 is 4.57 Å². The second-order valence-electron chi connectivity index (χ2n) is 4.37. The van der Waals surface area contributed by atoms with Crippen LogP contribution in [0.4, 0.5) is 0 Å². The predicted molar refractivity (Wildman–Crippen MR) is 95.7 cm³/mol. The number of hydrogen-bond acceptors (Lipinski definition) is 0. The predicted octanol–water partition coefficient (Wildman–Crippen LogP) is 5.63. The third-order valence-corrected chi connectivity index (χ3v) is 2.97. The van der Waals surface area contributed by atoms with Gasteiger partial charge in [-0.3, -0.25) is 0 Å². The molecule has 4 heteroatoms. The van der Waals surface area contributed by atoms with Crippen molar-refractivity contribution in [2.24, 2.45) is 0 Å². The van der Waals surface area contributed by atoms with Crippen molar-refractivity contribution in [2.75, 3.05) is 0 Å². The number of nitrogens with zero attached hydrogens (tertiary/aromatic N) is 1. The molecule has 0 amide bonds. The Hall–Kier alpha value is 0.590. The molecule has 108 valence electrons. The molecule has 0 aliphatic heterocycles. The zero-order valence-corrected chi connectivity index (χ0v) is 16.5. The summed E-state index contributed by atoms with van der Waals surface area (Å²) in [6.45, 7) is 4.57. The van der Waals surface area contributed by atoms with Gasteiger partial charge in [0.25, 0.3) is 0 Å². The lowest BCUT2D eigenvalue weighted by molar-refractivity contribution is -0.720. The third kappa shape index (κ3) is 10.5. The van der Waals surface area contributed by atoms with Crippen LogP contribution in [0.2, 0.25) is 0 Å². The molecule has 0 aliphatic rings. The fraction of sp³-hybridized carbons (Fsp3) is 0.643. The highest BCUT2D eigenvalue weighted by molar-refractivity contribution is 8.93. The van der Waals surface area contributed by atoms with Crippen molar-refractivity contribution in [1.82, 2.24) is 0 Å². The molecule has 1 aromatic rings. The van der Waals surface area contributed by atoms with Gasteiger partial charge in [0.15, 0.2) is 18.4 Å². The molecule has 0 radical (unpaired) electrons. The van der Waals surface area contributed by atoms with Crippen molar-refractivity contribution in [3.8, 4) is 0 Å². The largest absolute Gasteiger partial charge is 0.203 e. The Bertz CT molecular complexity index is 254. The van der Waals surface area contributed by atoms with Gasteiger partial charge >= 0.3 is 0 Å². The highest BCUT2D eigenvalue weighted by atomic mass is 79.9. The molecule has 1 atom stereocenters. The van der Waals surface area contributed by atoms with Crippen molar-refractivity contribution in [2.45, 2.75) is 58.4 Å². The normalized spacial score (nSPS) is 10.6. The molecular formula is C14H27Br3N+. The Labute approximate surface area is 144 Å². The highest BCUT2D eigenvalue weighted by Crippen LogP contribution is 2.10. The molecule has 1 unspecified atom stereocenters. The van der Waals surface area contributed by atoms with Crippen LogP contribution in [0.3, 0.4) is 0 Å². The van der Waals surface area contributed by atoms with E-state index in [1.165, 1.54) is 38.5 Å². The molecule has 0 saturated carbocycles. The minimum Gasteiger partial charge on any atom is -0.203 e. The molecule has 1 heterocycles. The first kappa shape index (κ1) is 23.7. The maximum absolute atomic E-state index is 2.31. The van der Waals surface area contributed by atoms with Crippen molar-refractivity contribution in [3.63, 3.8) is 0 Å². The number of rotatable bonds is 7. The molecule has 0 fully saturated rings. The van der Waals surface area contributed by atoms with E-state index in [-0.39, 0.29) is 50.9 Å². The average Bonchev–Trinajstić information content (AvgIpc) is 2.30. The Morgan fingerprint density at radius 1 is 0.833 bits per heavy atom. The minimum atomic E-state index is 0. The summed E-state index contributed by atoms with van der Waals surface area (Å²) >= 11 is 0. The van der Waals surface area contributed by atoms with Crippen LogP contribution >= 0.6 is 50.9 Å². The molecule has 0 aromatic carbocycles. The number of pyridine rings is 1. The summed E-state index contributed by atoms with van der Waals surface area (Å²) in [6.07, 6.45) is 12.5. The smallest absolute Gasteiger partial charge is 0.169 e. The summed E-state index contributed by atoms with van der Waals surface area (Å²) in [7, 11) is 0. The average molecular weight is 449 g/mol. The minimum absolute atomic E-state index is 0. The summed E-state index contributed by atoms with van der Waals surface area (Å²) in [4.78, 5) is 0. The van der Waals surface area contributed by atoms with Crippen LogP contribution in [-0.2, 0) is 0 Å². The number of unbranched alkanes of at least 4 members (excludes halogenated alkanes) is 4. The fourth-order valence-corrected chi connectivity index (χ4v) is 1.90. The molecular weight excluding hydrogens is 422 g/mol. The van der Waals surface area contributed by atoms with Gasteiger partial charge in [0.05, 0.1) is 0 Å². The lowest BCUT2D eigenvalue weighted by Gasteiger charge is -2.06. The molecule has 1 aromatic heterocycles. The van der Waals surface area contributed by atoms with Gasteiger partial charge in [-0.15, -0.1) is 50.9 Å². The lowest BCUT2D eigenvalue weighted by atomic mass is 10.1. The maximum Gasteiger partial charge on any atom is 0.169 e. The van der Waals surface area contributed by atoms with E-state index < -0.39 is 0 Å². The van der Waals surface area contributed by atoms with Crippen LogP contribution in [0.1, 0.15) is 58.4 Å². The van der Waals surface area contributed by atoms with Gasteiger partial charge in [-0.1, -0.05) is 38.7 Å². The molecule has 1 rings (SSSR count). The van der Waals surface area contributed by atoms with Crippen molar-refractivity contribution in [3.05, 3.63) is 30.6 Å². The molecule has 0 aliphatic carbocycles. The Morgan fingerprint density at radius 3 is 1.94 bits per heavy atom. The van der Waals surface area contributed by atoms with E-state index in [1.54, 1.807) is 0 Å². The van der Waals surface area contributed by atoms with E-state index in [1.807, 2.05) is 0 Å². The molecule has 1 nitrogen and oxygen atoms in total. The second-order valence-corrected chi connectivity index (χ2v) is 4.37. The second kappa shape index (κ2) is 15.6. The van der Waals surface area contributed by atoms with E-state index in [4.69, 9.17) is 0 Å². The van der Waals surface area contributed by atoms with Gasteiger partial charge in [-0.25, -0.2) is 4.57 Å². The summed E-state index contributed by atoms with van der Waals surface area (Å²) < 4.78 is 2.31. The summed E-state index contributed by atoms with van der Waals surface area (Å²) in [5, 5.41) is 0. The van der Waals surface area contributed by atoms with E-state index >= 15 is 0 Å². The first-order valence-electron chi connectivity index (χ1n) is 6.30. The molecule has 0 saturated heterocycles. The van der Waals surface area contributed by atoms with Crippen LogP contribution in [0.15, 0.2) is 30.6 Å². The van der Waals surface area contributed by atoms with Gasteiger partial charge in [0, 0.05) is 18.6 Å². The molecule has 0 N–H and O–H groups in total. The quantitative estimate of drug-likeness (QED) is 0.376. The van der Waals surface area contributed by atoms with E-state index in [2.05, 4.69) is 49.0 Å². The van der Waals surface area contributed by atoms with Gasteiger partial charge in [0.1, 0.15) is 0 Å². The maximum atomic E-state index is 2.31. The lowest BCUT2D eigenvalue weighted by Crippen LogP contribution is -2.36. The Kier molecular flexibility index (Phi) is 20.6. The zero-order valence-electron chi connectivity index (χ0n) is 11.4. The molecule has 0 bridgehead atoms. The van der Waals surface area contributed by atoms with Gasteiger partial charge < -0.3 is 0 Å². The SMILES string of the molecule is Br.Br.Br.CCCCCCCC(C)[n+]1ccccc1. The zero-order chi connectivity index (χ0) is 10.9. The third-order valence-electron chi connectivity index (χ3n) is 2.97. The van der Waals surface area contributed by atoms with Crippen LogP contribution in [-0.4, -0.2) is 0 Å². The topological polar surface area (TPSA) is 3.88 Å². The Morgan fingerprint density at radius 2 is 1.39 bits per heavy atom. The van der Waals surface area contributed by atoms with Crippen LogP contribution < -0.4 is 4.57 Å². The molecule has 18 heavy (non-hydrogen) atoms. The fourth-order valence-electron chi connectivity index (χ4n) is 1.90. The van der Waals surface area contributed by atoms with E-state index in [0.717, 1.165) is 0 Å². The highest BCUT2D eigenvalue weighted by Gasteiger charge is 2.09. The van der Waals surface area contributed by atoms with Gasteiger partial charge in [0.2, 0.25) is 0 Å². The first-order chi connectivity index (χ1) is 7.34. The first-order valence-corrected chi connectivity index (χ1v) is 6.30.